The van der Waals surface area contributed by atoms with Crippen molar-refractivity contribution in [2.45, 2.75) is 19.4 Å². The summed E-state index contributed by atoms with van der Waals surface area (Å²) in [5.74, 6) is -4.05. The Morgan fingerprint density at radius 3 is 2.53 bits per heavy atom. The lowest BCUT2D eigenvalue weighted by molar-refractivity contribution is 0.0906. The van der Waals surface area contributed by atoms with Gasteiger partial charge in [-0.05, 0) is 18.9 Å². The van der Waals surface area contributed by atoms with E-state index in [4.69, 9.17) is 0 Å². The number of rotatable bonds is 2. The maximum absolute atomic E-state index is 13.5. The number of piperidine rings is 1. The van der Waals surface area contributed by atoms with Crippen molar-refractivity contribution in [3.8, 4) is 0 Å². The molecule has 0 aromatic heterocycles. The molecular weight excluding hydrogens is 257 g/mol. The van der Waals surface area contributed by atoms with Crippen LogP contribution in [-0.2, 0) is 0 Å². The van der Waals surface area contributed by atoms with E-state index in [0.717, 1.165) is 13.0 Å². The van der Waals surface area contributed by atoms with E-state index in [0.29, 0.717) is 18.7 Å². The Hall–Kier alpha value is -1.56. The largest absolute Gasteiger partial charge is 0.348 e. The topological polar surface area (TPSA) is 41.1 Å². The van der Waals surface area contributed by atoms with Crippen LogP contribution >= 0.6 is 0 Å². The predicted molar refractivity (Wildman–Crippen MR) is 64.2 cm³/mol. The molecule has 1 aliphatic rings. The van der Waals surface area contributed by atoms with Crippen molar-refractivity contribution in [1.82, 2.24) is 10.6 Å². The van der Waals surface area contributed by atoms with Crippen molar-refractivity contribution in [3.05, 3.63) is 35.1 Å². The minimum Gasteiger partial charge on any atom is -0.348 e. The van der Waals surface area contributed by atoms with Gasteiger partial charge in [0.05, 0.1) is 0 Å². The van der Waals surface area contributed by atoms with E-state index in [2.05, 4.69) is 10.6 Å². The second-order valence-electron chi connectivity index (χ2n) is 4.79. The molecule has 1 aromatic carbocycles. The van der Waals surface area contributed by atoms with E-state index in [9.17, 15) is 18.0 Å². The number of halogens is 3. The van der Waals surface area contributed by atoms with Crippen LogP contribution in [0.1, 0.15) is 23.7 Å². The molecule has 0 unspecified atom stereocenters. The highest BCUT2D eigenvalue weighted by molar-refractivity contribution is 5.95. The number of hydrogen-bond donors (Lipinski definition) is 2. The number of carbonyl (C=O) groups is 1. The Bertz CT molecular complexity index is 470. The Kier molecular flexibility index (Phi) is 4.09. The molecule has 0 saturated carbocycles. The minimum absolute atomic E-state index is 0.190. The average molecular weight is 272 g/mol. The third-order valence-corrected chi connectivity index (χ3v) is 3.38. The van der Waals surface area contributed by atoms with Gasteiger partial charge in [0.2, 0.25) is 0 Å². The molecule has 0 radical (unpaired) electrons. The summed E-state index contributed by atoms with van der Waals surface area (Å²) >= 11 is 0. The first-order valence-electron chi connectivity index (χ1n) is 6.15. The summed E-state index contributed by atoms with van der Waals surface area (Å²) in [6.07, 6.45) is 0.874. The SMILES string of the molecule is C[C@@H]1CCNC[C@H]1NC(=O)c1c(F)cc(F)cc1F. The number of amides is 1. The summed E-state index contributed by atoms with van der Waals surface area (Å²) in [7, 11) is 0. The molecule has 3 nitrogen and oxygen atoms in total. The van der Waals surface area contributed by atoms with Gasteiger partial charge in [-0.3, -0.25) is 4.79 Å². The van der Waals surface area contributed by atoms with Gasteiger partial charge in [-0.15, -0.1) is 0 Å². The highest BCUT2D eigenvalue weighted by Crippen LogP contribution is 2.17. The second-order valence-corrected chi connectivity index (χ2v) is 4.79. The number of benzene rings is 1. The lowest BCUT2D eigenvalue weighted by atomic mass is 9.94. The Balaban J connectivity index is 2.16. The van der Waals surface area contributed by atoms with Gasteiger partial charge in [-0.25, -0.2) is 13.2 Å². The van der Waals surface area contributed by atoms with Crippen LogP contribution in [0.25, 0.3) is 0 Å². The van der Waals surface area contributed by atoms with Crippen LogP contribution in [0, 0.1) is 23.4 Å². The fourth-order valence-electron chi connectivity index (χ4n) is 2.18. The van der Waals surface area contributed by atoms with Crippen LogP contribution in [0.5, 0.6) is 0 Å². The third-order valence-electron chi connectivity index (χ3n) is 3.38. The van der Waals surface area contributed by atoms with Crippen LogP contribution in [0.4, 0.5) is 13.2 Å². The summed E-state index contributed by atoms with van der Waals surface area (Å²) in [5.41, 5.74) is -0.737. The van der Waals surface area contributed by atoms with E-state index in [1.807, 2.05) is 6.92 Å². The van der Waals surface area contributed by atoms with Crippen LogP contribution in [0.3, 0.4) is 0 Å². The lowest BCUT2D eigenvalue weighted by Gasteiger charge is -2.30. The Labute approximate surface area is 109 Å². The molecular formula is C13H15F3N2O. The van der Waals surface area contributed by atoms with E-state index in [1.54, 1.807) is 0 Å². The van der Waals surface area contributed by atoms with Gasteiger partial charge < -0.3 is 10.6 Å². The zero-order valence-electron chi connectivity index (χ0n) is 10.5. The molecule has 1 aliphatic heterocycles. The lowest BCUT2D eigenvalue weighted by Crippen LogP contribution is -2.50. The second kappa shape index (κ2) is 5.61. The average Bonchev–Trinajstić information content (AvgIpc) is 2.30. The van der Waals surface area contributed by atoms with E-state index < -0.39 is 28.9 Å². The number of carbonyl (C=O) groups excluding carboxylic acids is 1. The third kappa shape index (κ3) is 3.07. The number of nitrogens with one attached hydrogen (secondary N) is 2. The zero-order valence-corrected chi connectivity index (χ0v) is 10.5. The first kappa shape index (κ1) is 13.9. The van der Waals surface area contributed by atoms with Crippen LogP contribution in [-0.4, -0.2) is 25.0 Å². The fourth-order valence-corrected chi connectivity index (χ4v) is 2.18. The molecule has 0 spiro atoms. The molecule has 1 aromatic rings. The van der Waals surface area contributed by atoms with Crippen LogP contribution in [0.2, 0.25) is 0 Å². The van der Waals surface area contributed by atoms with Crippen molar-refractivity contribution in [1.29, 1.82) is 0 Å². The molecule has 0 aliphatic carbocycles. The maximum Gasteiger partial charge on any atom is 0.257 e. The Morgan fingerprint density at radius 2 is 1.95 bits per heavy atom. The quantitative estimate of drug-likeness (QED) is 0.862. The van der Waals surface area contributed by atoms with Crippen molar-refractivity contribution < 1.29 is 18.0 Å². The zero-order chi connectivity index (χ0) is 14.0. The van der Waals surface area contributed by atoms with E-state index in [1.165, 1.54) is 0 Å². The molecule has 1 heterocycles. The number of hydrogen-bond acceptors (Lipinski definition) is 2. The summed E-state index contributed by atoms with van der Waals surface area (Å²) in [5, 5.41) is 5.68. The highest BCUT2D eigenvalue weighted by Gasteiger charge is 2.26. The van der Waals surface area contributed by atoms with E-state index in [-0.39, 0.29) is 12.0 Å². The van der Waals surface area contributed by atoms with Gasteiger partial charge in [-0.1, -0.05) is 6.92 Å². The maximum atomic E-state index is 13.5. The monoisotopic (exact) mass is 272 g/mol. The molecule has 6 heteroatoms. The molecule has 19 heavy (non-hydrogen) atoms. The fraction of sp³-hybridized carbons (Fsp3) is 0.462. The molecule has 1 saturated heterocycles. The van der Waals surface area contributed by atoms with Gasteiger partial charge in [0, 0.05) is 24.7 Å². The smallest absolute Gasteiger partial charge is 0.257 e. The summed E-state index contributed by atoms with van der Waals surface area (Å²) in [6, 6.07) is 0.811. The van der Waals surface area contributed by atoms with Gasteiger partial charge in [0.15, 0.2) is 0 Å². The molecule has 1 fully saturated rings. The van der Waals surface area contributed by atoms with Crippen LogP contribution < -0.4 is 10.6 Å². The van der Waals surface area contributed by atoms with Crippen molar-refractivity contribution in [3.63, 3.8) is 0 Å². The summed E-state index contributed by atoms with van der Waals surface area (Å²) in [6.45, 7) is 3.37. The minimum atomic E-state index is -1.19. The van der Waals surface area contributed by atoms with Crippen LogP contribution in [0.15, 0.2) is 12.1 Å². The molecule has 1 amide bonds. The van der Waals surface area contributed by atoms with Gasteiger partial charge in [-0.2, -0.15) is 0 Å². The molecule has 104 valence electrons. The normalized spacial score (nSPS) is 23.2. The van der Waals surface area contributed by atoms with Crippen molar-refractivity contribution >= 4 is 5.91 Å². The summed E-state index contributed by atoms with van der Waals surface area (Å²) in [4.78, 5) is 11.9. The highest BCUT2D eigenvalue weighted by atomic mass is 19.1. The first-order valence-corrected chi connectivity index (χ1v) is 6.15. The molecule has 2 atom stereocenters. The van der Waals surface area contributed by atoms with Crippen molar-refractivity contribution in [2.75, 3.05) is 13.1 Å². The molecule has 2 rings (SSSR count). The molecule has 0 bridgehead atoms. The predicted octanol–water partition coefficient (Wildman–Crippen LogP) is 1.83. The van der Waals surface area contributed by atoms with E-state index >= 15 is 0 Å². The van der Waals surface area contributed by atoms with Gasteiger partial charge in [0.1, 0.15) is 23.0 Å². The molecule has 2 N–H and O–H groups in total. The van der Waals surface area contributed by atoms with Crippen molar-refractivity contribution in [2.24, 2.45) is 5.92 Å². The Morgan fingerprint density at radius 1 is 1.32 bits per heavy atom. The van der Waals surface area contributed by atoms with Gasteiger partial charge in [0.25, 0.3) is 5.91 Å². The standard InChI is InChI=1S/C13H15F3N2O/c1-7-2-3-17-6-11(7)18-13(19)12-9(15)4-8(14)5-10(12)16/h4-5,7,11,17H,2-3,6H2,1H3,(H,18,19)/t7-,11-/m1/s1. The summed E-state index contributed by atoms with van der Waals surface area (Å²) < 4.78 is 39.7. The van der Waals surface area contributed by atoms with Gasteiger partial charge >= 0.3 is 0 Å². The first-order chi connectivity index (χ1) is 8.99.